The maximum absolute atomic E-state index is 14.3. The van der Waals surface area contributed by atoms with Gasteiger partial charge in [-0.05, 0) is 75.8 Å². The Balaban J connectivity index is 1.66. The lowest BCUT2D eigenvalue weighted by Crippen LogP contribution is -2.42. The van der Waals surface area contributed by atoms with Gasteiger partial charge in [0.05, 0.1) is 30.9 Å². The minimum atomic E-state index is -0.379. The lowest BCUT2D eigenvalue weighted by molar-refractivity contribution is -0.122. The van der Waals surface area contributed by atoms with Crippen LogP contribution < -0.4 is 9.64 Å². The Morgan fingerprint density at radius 2 is 1.95 bits per heavy atom. The lowest BCUT2D eigenvalue weighted by atomic mass is 9.83. The minimum Gasteiger partial charge on any atom is -0.497 e. The molecule has 2 heterocycles. The lowest BCUT2D eigenvalue weighted by Gasteiger charge is -2.34. The summed E-state index contributed by atoms with van der Waals surface area (Å²) in [6.45, 7) is 3.70. The number of anilines is 1. The number of ketones is 1. The van der Waals surface area contributed by atoms with Gasteiger partial charge in [0.25, 0.3) is 0 Å². The largest absolute Gasteiger partial charge is 0.497 e. The van der Waals surface area contributed by atoms with Crippen LogP contribution >= 0.6 is 0 Å². The number of carbonyl (C=O) groups is 2. The molecule has 196 valence electrons. The van der Waals surface area contributed by atoms with Crippen molar-refractivity contribution in [2.75, 3.05) is 19.1 Å². The summed E-state index contributed by atoms with van der Waals surface area (Å²) in [6, 6.07) is 8.88. The molecule has 2 aromatic carbocycles. The van der Waals surface area contributed by atoms with E-state index in [1.54, 1.807) is 11.8 Å². The van der Waals surface area contributed by atoms with Gasteiger partial charge in [0.1, 0.15) is 23.2 Å². The summed E-state index contributed by atoms with van der Waals surface area (Å²) < 4.78 is 27.0. The molecule has 0 spiro atoms. The van der Waals surface area contributed by atoms with Gasteiger partial charge in [-0.25, -0.2) is 14.2 Å². The Bertz CT molecular complexity index is 1350. The van der Waals surface area contributed by atoms with Crippen molar-refractivity contribution in [2.24, 2.45) is 5.92 Å². The van der Waals surface area contributed by atoms with Gasteiger partial charge in [0, 0.05) is 36.1 Å². The van der Waals surface area contributed by atoms with Crippen molar-refractivity contribution < 1.29 is 23.5 Å². The molecule has 0 N–H and O–H groups in total. The highest BCUT2D eigenvalue weighted by molar-refractivity contribution is 5.95. The predicted molar refractivity (Wildman–Crippen MR) is 140 cm³/mol. The van der Waals surface area contributed by atoms with Crippen molar-refractivity contribution in [3.05, 3.63) is 53.1 Å². The number of rotatable bonds is 5. The average molecular weight is 508 g/mol. The average Bonchev–Trinajstić information content (AvgIpc) is 3.25. The van der Waals surface area contributed by atoms with Crippen molar-refractivity contribution in [2.45, 2.75) is 70.9 Å². The Labute approximate surface area is 216 Å². The first-order chi connectivity index (χ1) is 17.8. The smallest absolute Gasteiger partial charge is 0.414 e. The Morgan fingerprint density at radius 1 is 1.14 bits per heavy atom. The third-order valence-electron chi connectivity index (χ3n) is 8.01. The molecule has 0 unspecified atom stereocenters. The number of imidazole rings is 1. The summed E-state index contributed by atoms with van der Waals surface area (Å²) in [7, 11) is 2.93. The number of halogens is 1. The van der Waals surface area contributed by atoms with E-state index in [-0.39, 0.29) is 35.7 Å². The number of carbonyl (C=O) groups excluding carboxylic acids is 2. The molecule has 3 atom stereocenters. The van der Waals surface area contributed by atoms with Crippen LogP contribution in [-0.2, 0) is 22.4 Å². The van der Waals surface area contributed by atoms with E-state index in [4.69, 9.17) is 14.5 Å². The van der Waals surface area contributed by atoms with Gasteiger partial charge < -0.3 is 14.0 Å². The molecule has 3 aromatic rings. The maximum Gasteiger partial charge on any atom is 0.414 e. The first-order valence-corrected chi connectivity index (χ1v) is 13.0. The summed E-state index contributed by atoms with van der Waals surface area (Å²) >= 11 is 0. The molecule has 5 rings (SSSR count). The molecule has 1 saturated carbocycles. The Kier molecular flexibility index (Phi) is 6.92. The maximum atomic E-state index is 14.3. The molecule has 0 bridgehead atoms. The van der Waals surface area contributed by atoms with Crippen LogP contribution in [0.15, 0.2) is 30.3 Å². The van der Waals surface area contributed by atoms with E-state index in [9.17, 15) is 14.0 Å². The molecular weight excluding hydrogens is 473 g/mol. The molecule has 1 aliphatic carbocycles. The number of benzene rings is 2. The number of aryl methyl sites for hydroxylation is 1. The van der Waals surface area contributed by atoms with Crippen LogP contribution in [-0.4, -0.2) is 41.7 Å². The van der Waals surface area contributed by atoms with Crippen LogP contribution in [0.2, 0.25) is 0 Å². The monoisotopic (exact) mass is 507 g/mol. The van der Waals surface area contributed by atoms with Crippen LogP contribution in [0.4, 0.5) is 14.9 Å². The van der Waals surface area contributed by atoms with Crippen LogP contribution in [0, 0.1) is 11.7 Å². The highest BCUT2D eigenvalue weighted by Gasteiger charge is 2.33. The molecular formula is C29H34FN3O4. The number of amides is 1. The van der Waals surface area contributed by atoms with Gasteiger partial charge in [-0.1, -0.05) is 6.42 Å². The van der Waals surface area contributed by atoms with E-state index in [0.29, 0.717) is 12.2 Å². The molecule has 2 aliphatic rings. The summed E-state index contributed by atoms with van der Waals surface area (Å²) in [4.78, 5) is 31.8. The molecule has 7 nitrogen and oxygen atoms in total. The second-order valence-corrected chi connectivity index (χ2v) is 10.4. The number of nitrogens with zero attached hydrogens (tertiary/aromatic N) is 3. The molecule has 1 aromatic heterocycles. The molecule has 1 amide bonds. The summed E-state index contributed by atoms with van der Waals surface area (Å²) in [5.74, 6) is 1.20. The fourth-order valence-corrected chi connectivity index (χ4v) is 6.15. The molecule has 0 saturated heterocycles. The number of hydrogen-bond acceptors (Lipinski definition) is 5. The fourth-order valence-electron chi connectivity index (χ4n) is 6.15. The van der Waals surface area contributed by atoms with Crippen molar-refractivity contribution in [3.63, 3.8) is 0 Å². The number of hydrogen-bond donors (Lipinski definition) is 0. The van der Waals surface area contributed by atoms with Crippen LogP contribution in [0.1, 0.15) is 68.9 Å². The van der Waals surface area contributed by atoms with Crippen molar-refractivity contribution >= 4 is 28.6 Å². The molecule has 0 radical (unpaired) electrons. The predicted octanol–water partition coefficient (Wildman–Crippen LogP) is 6.00. The van der Waals surface area contributed by atoms with Crippen LogP contribution in [0.25, 0.3) is 11.0 Å². The van der Waals surface area contributed by atoms with Crippen molar-refractivity contribution in [1.82, 2.24) is 9.55 Å². The number of aromatic nitrogens is 2. The van der Waals surface area contributed by atoms with E-state index in [1.807, 2.05) is 25.1 Å². The zero-order chi connectivity index (χ0) is 26.3. The first kappa shape index (κ1) is 25.2. The minimum absolute atomic E-state index is 0.0217. The third kappa shape index (κ3) is 4.69. The third-order valence-corrected chi connectivity index (χ3v) is 8.01. The highest BCUT2D eigenvalue weighted by Crippen LogP contribution is 2.41. The standard InChI is InChI=1S/C29H34FN3O4/c1-17-8-9-24-25(32(17)29(35)37-4)10-11-26-28(24)31-27(14-19-12-21(30)16-23(13-19)36-3)33(26)22-7-5-6-20(15-22)18(2)34/h10-13,16-17,20,22H,5-9,14-15H2,1-4H3/t17-,20+,22+/m0/s1. The van der Waals surface area contributed by atoms with Gasteiger partial charge >= 0.3 is 6.09 Å². The van der Waals surface area contributed by atoms with Gasteiger partial charge in [0.15, 0.2) is 0 Å². The number of methoxy groups -OCH3 is 2. The van der Waals surface area contributed by atoms with E-state index >= 15 is 0 Å². The topological polar surface area (TPSA) is 73.7 Å². The SMILES string of the molecule is COC(=O)N1c2ccc3c(nc(Cc4cc(F)cc(OC)c4)n3[C@@H]3CCC[C@@H](C(C)=O)C3)c2CC[C@@H]1C. The van der Waals surface area contributed by atoms with Crippen molar-refractivity contribution in [1.29, 1.82) is 0 Å². The highest BCUT2D eigenvalue weighted by atomic mass is 19.1. The molecule has 1 aliphatic heterocycles. The van der Waals surface area contributed by atoms with Crippen LogP contribution in [0.5, 0.6) is 5.75 Å². The van der Waals surface area contributed by atoms with E-state index in [0.717, 1.165) is 72.2 Å². The zero-order valence-corrected chi connectivity index (χ0v) is 21.9. The molecule has 1 fully saturated rings. The van der Waals surface area contributed by atoms with E-state index < -0.39 is 0 Å². The molecule has 37 heavy (non-hydrogen) atoms. The summed E-state index contributed by atoms with van der Waals surface area (Å²) in [5, 5.41) is 0. The quantitative estimate of drug-likeness (QED) is 0.423. The number of Topliss-reactive ketones (excluding diaryl/α,β-unsaturated/α-hetero) is 1. The van der Waals surface area contributed by atoms with Gasteiger partial charge in [0.2, 0.25) is 0 Å². The zero-order valence-electron chi connectivity index (χ0n) is 21.9. The summed E-state index contributed by atoms with van der Waals surface area (Å²) in [6.07, 6.45) is 5.26. The summed E-state index contributed by atoms with van der Waals surface area (Å²) in [5.41, 5.74) is 4.47. The van der Waals surface area contributed by atoms with Gasteiger partial charge in [-0.3, -0.25) is 9.69 Å². The van der Waals surface area contributed by atoms with E-state index in [2.05, 4.69) is 4.57 Å². The van der Waals surface area contributed by atoms with E-state index in [1.165, 1.54) is 26.4 Å². The van der Waals surface area contributed by atoms with Crippen LogP contribution in [0.3, 0.4) is 0 Å². The van der Waals surface area contributed by atoms with Gasteiger partial charge in [-0.15, -0.1) is 0 Å². The van der Waals surface area contributed by atoms with Gasteiger partial charge in [-0.2, -0.15) is 0 Å². The van der Waals surface area contributed by atoms with Crippen molar-refractivity contribution in [3.8, 4) is 5.75 Å². The number of ether oxygens (including phenoxy) is 2. The Hall–Kier alpha value is -3.42. The number of fused-ring (bicyclic) bond motifs is 3. The second-order valence-electron chi connectivity index (χ2n) is 10.4. The normalized spacial score (nSPS) is 21.5. The second kappa shape index (κ2) is 10.1. The fraction of sp³-hybridized carbons (Fsp3) is 0.483. The molecule has 8 heteroatoms. The Morgan fingerprint density at radius 3 is 2.68 bits per heavy atom. The first-order valence-electron chi connectivity index (χ1n) is 13.0.